The van der Waals surface area contributed by atoms with E-state index in [-0.39, 0.29) is 10.8 Å². The van der Waals surface area contributed by atoms with Crippen molar-refractivity contribution >= 4 is 21.6 Å². The number of sulfonamides is 1. The van der Waals surface area contributed by atoms with E-state index in [1.54, 1.807) is 25.1 Å². The molecule has 0 aliphatic carbocycles. The van der Waals surface area contributed by atoms with E-state index in [9.17, 15) is 13.2 Å². The fraction of sp³-hybridized carbons (Fsp3) is 0.480. The number of piperazine rings is 1. The molecule has 2 heterocycles. The topological polar surface area (TPSA) is 70.2 Å². The zero-order valence-corrected chi connectivity index (χ0v) is 20.7. The summed E-state index contributed by atoms with van der Waals surface area (Å²) in [5.74, 6) is 0.404. The molecule has 2 aromatic rings. The number of hydrogen-bond acceptors (Lipinski definition) is 5. The van der Waals surface area contributed by atoms with Gasteiger partial charge in [0, 0.05) is 44.5 Å². The van der Waals surface area contributed by atoms with Gasteiger partial charge >= 0.3 is 0 Å². The van der Waals surface area contributed by atoms with Gasteiger partial charge in [-0.3, -0.25) is 4.79 Å². The summed E-state index contributed by atoms with van der Waals surface area (Å²) in [7, 11) is -2.29. The van der Waals surface area contributed by atoms with Crippen LogP contribution in [0.4, 0.5) is 5.69 Å². The SMILES string of the molecule is COc1ccc(C)c(S(=O)(=O)N2CCC[C@H]2C(=O)N2CCN(c3cccc(C)c3C)CC2)c1. The summed E-state index contributed by atoms with van der Waals surface area (Å²) in [6.07, 6.45) is 1.24. The van der Waals surface area contributed by atoms with Crippen molar-refractivity contribution in [1.82, 2.24) is 9.21 Å². The van der Waals surface area contributed by atoms with E-state index in [2.05, 4.69) is 36.9 Å². The fourth-order valence-electron chi connectivity index (χ4n) is 4.84. The second-order valence-electron chi connectivity index (χ2n) is 8.94. The summed E-state index contributed by atoms with van der Waals surface area (Å²) in [4.78, 5) is 17.8. The lowest BCUT2D eigenvalue weighted by Crippen LogP contribution is -2.54. The highest BCUT2D eigenvalue weighted by atomic mass is 32.2. The lowest BCUT2D eigenvalue weighted by atomic mass is 10.1. The highest BCUT2D eigenvalue weighted by Gasteiger charge is 2.42. The molecule has 1 atom stereocenters. The summed E-state index contributed by atoms with van der Waals surface area (Å²) in [6, 6.07) is 10.7. The number of rotatable bonds is 5. The highest BCUT2D eigenvalue weighted by molar-refractivity contribution is 7.89. The third kappa shape index (κ3) is 4.46. The van der Waals surface area contributed by atoms with Gasteiger partial charge in [-0.05, 0) is 62.4 Å². The third-order valence-electron chi connectivity index (χ3n) is 6.98. The Morgan fingerprint density at radius 1 is 0.970 bits per heavy atom. The molecule has 2 aromatic carbocycles. The third-order valence-corrected chi connectivity index (χ3v) is 9.03. The summed E-state index contributed by atoms with van der Waals surface area (Å²) < 4.78 is 33.7. The van der Waals surface area contributed by atoms with Crippen LogP contribution in [-0.2, 0) is 14.8 Å². The van der Waals surface area contributed by atoms with E-state index >= 15 is 0 Å². The van der Waals surface area contributed by atoms with Gasteiger partial charge in [0.15, 0.2) is 0 Å². The molecule has 0 radical (unpaired) electrons. The van der Waals surface area contributed by atoms with Crippen molar-refractivity contribution in [1.29, 1.82) is 0 Å². The molecule has 0 saturated carbocycles. The van der Waals surface area contributed by atoms with Gasteiger partial charge in [-0.1, -0.05) is 18.2 Å². The first kappa shape index (κ1) is 23.6. The molecule has 2 aliphatic rings. The first-order chi connectivity index (χ1) is 15.7. The lowest BCUT2D eigenvalue weighted by molar-refractivity contribution is -0.134. The minimum Gasteiger partial charge on any atom is -0.497 e. The van der Waals surface area contributed by atoms with E-state index < -0.39 is 16.1 Å². The molecule has 0 bridgehead atoms. The van der Waals surface area contributed by atoms with Gasteiger partial charge in [-0.2, -0.15) is 4.31 Å². The largest absolute Gasteiger partial charge is 0.497 e. The normalized spacial score (nSPS) is 19.7. The molecule has 4 rings (SSSR count). The molecule has 2 fully saturated rings. The molecule has 2 aliphatic heterocycles. The van der Waals surface area contributed by atoms with Crippen LogP contribution in [0.15, 0.2) is 41.3 Å². The minimum atomic E-state index is -3.80. The van der Waals surface area contributed by atoms with Crippen LogP contribution >= 0.6 is 0 Å². The van der Waals surface area contributed by atoms with Gasteiger partial charge in [0.05, 0.1) is 12.0 Å². The number of aryl methyl sites for hydroxylation is 2. The van der Waals surface area contributed by atoms with Gasteiger partial charge in [0.2, 0.25) is 15.9 Å². The highest BCUT2D eigenvalue weighted by Crippen LogP contribution is 2.31. The van der Waals surface area contributed by atoms with Crippen LogP contribution in [0.3, 0.4) is 0 Å². The van der Waals surface area contributed by atoms with Crippen LogP contribution < -0.4 is 9.64 Å². The maximum atomic E-state index is 13.5. The predicted molar refractivity (Wildman–Crippen MR) is 129 cm³/mol. The van der Waals surface area contributed by atoms with Crippen LogP contribution in [0.2, 0.25) is 0 Å². The Labute approximate surface area is 197 Å². The second-order valence-corrected chi connectivity index (χ2v) is 10.8. The summed E-state index contributed by atoms with van der Waals surface area (Å²) in [5, 5.41) is 0. The zero-order chi connectivity index (χ0) is 23.8. The standard InChI is InChI=1S/C25H33N3O4S/c1-18-7-5-8-22(20(18)3)26-13-15-27(16-14-26)25(29)23-9-6-12-28(23)33(30,31)24-17-21(32-4)11-10-19(24)2/h5,7-8,10-11,17,23H,6,9,12-16H2,1-4H3/t23-/m0/s1. The number of carbonyl (C=O) groups is 1. The Balaban J connectivity index is 1.49. The molecule has 1 amide bonds. The molecular weight excluding hydrogens is 438 g/mol. The first-order valence-electron chi connectivity index (χ1n) is 11.5. The Hall–Kier alpha value is -2.58. The van der Waals surface area contributed by atoms with Gasteiger partial charge < -0.3 is 14.5 Å². The Morgan fingerprint density at radius 2 is 1.70 bits per heavy atom. The van der Waals surface area contributed by atoms with E-state index in [1.165, 1.54) is 28.2 Å². The molecule has 0 spiro atoms. The van der Waals surface area contributed by atoms with Gasteiger partial charge in [-0.15, -0.1) is 0 Å². The molecule has 0 unspecified atom stereocenters. The van der Waals surface area contributed by atoms with Crippen LogP contribution in [0.25, 0.3) is 0 Å². The van der Waals surface area contributed by atoms with Gasteiger partial charge in [-0.25, -0.2) is 8.42 Å². The molecule has 178 valence electrons. The summed E-state index contributed by atoms with van der Waals surface area (Å²) in [6.45, 7) is 9.03. The monoisotopic (exact) mass is 471 g/mol. The maximum Gasteiger partial charge on any atom is 0.244 e. The Bertz CT molecular complexity index is 1140. The zero-order valence-electron chi connectivity index (χ0n) is 19.9. The fourth-order valence-corrected chi connectivity index (χ4v) is 6.74. The molecule has 2 saturated heterocycles. The van der Waals surface area contributed by atoms with E-state index in [0.717, 1.165) is 13.1 Å². The number of amides is 1. The Morgan fingerprint density at radius 3 is 2.39 bits per heavy atom. The number of anilines is 1. The summed E-state index contributed by atoms with van der Waals surface area (Å²) >= 11 is 0. The quantitative estimate of drug-likeness (QED) is 0.670. The molecule has 7 nitrogen and oxygen atoms in total. The Kier molecular flexibility index (Phi) is 6.68. The van der Waals surface area contributed by atoms with E-state index in [1.807, 2.05) is 4.90 Å². The van der Waals surface area contributed by atoms with Crippen LogP contribution in [-0.4, -0.2) is 69.4 Å². The molecule has 33 heavy (non-hydrogen) atoms. The number of methoxy groups -OCH3 is 1. The van der Waals surface area contributed by atoms with Crippen molar-refractivity contribution in [2.24, 2.45) is 0 Å². The summed E-state index contributed by atoms with van der Waals surface area (Å²) in [5.41, 5.74) is 4.38. The van der Waals surface area contributed by atoms with Gasteiger partial charge in [0.1, 0.15) is 11.8 Å². The minimum absolute atomic E-state index is 0.0859. The van der Waals surface area contributed by atoms with Crippen molar-refractivity contribution in [3.63, 3.8) is 0 Å². The number of hydrogen-bond donors (Lipinski definition) is 0. The van der Waals surface area contributed by atoms with Gasteiger partial charge in [0.25, 0.3) is 0 Å². The first-order valence-corrected chi connectivity index (χ1v) is 12.9. The smallest absolute Gasteiger partial charge is 0.244 e. The van der Waals surface area contributed by atoms with Crippen molar-refractivity contribution in [2.45, 2.75) is 44.6 Å². The number of ether oxygens (including phenoxy) is 1. The average Bonchev–Trinajstić information content (AvgIpc) is 3.32. The number of carbonyl (C=O) groups excluding carboxylic acids is 1. The number of nitrogens with zero attached hydrogens (tertiary/aromatic N) is 3. The van der Waals surface area contributed by atoms with Crippen LogP contribution in [0, 0.1) is 20.8 Å². The average molecular weight is 472 g/mol. The van der Waals surface area contributed by atoms with Crippen molar-refractivity contribution in [3.05, 3.63) is 53.1 Å². The van der Waals surface area contributed by atoms with Crippen molar-refractivity contribution in [2.75, 3.05) is 44.7 Å². The van der Waals surface area contributed by atoms with Crippen LogP contribution in [0.5, 0.6) is 5.75 Å². The van der Waals surface area contributed by atoms with Crippen molar-refractivity contribution in [3.8, 4) is 5.75 Å². The lowest BCUT2D eigenvalue weighted by Gasteiger charge is -2.39. The maximum absolute atomic E-state index is 13.5. The number of benzene rings is 2. The van der Waals surface area contributed by atoms with E-state index in [4.69, 9.17) is 4.74 Å². The molecular formula is C25H33N3O4S. The van der Waals surface area contributed by atoms with Crippen molar-refractivity contribution < 1.29 is 17.9 Å². The van der Waals surface area contributed by atoms with Crippen LogP contribution in [0.1, 0.15) is 29.5 Å². The molecule has 0 N–H and O–H groups in total. The molecule has 0 aromatic heterocycles. The molecule has 8 heteroatoms. The second kappa shape index (κ2) is 9.35. The predicted octanol–water partition coefficient (Wildman–Crippen LogP) is 3.12. The van der Waals surface area contributed by atoms with E-state index in [0.29, 0.717) is 43.8 Å².